The molecule has 0 bridgehead atoms. The zero-order valence-corrected chi connectivity index (χ0v) is 14.2. The van der Waals surface area contributed by atoms with Gasteiger partial charge in [-0.3, -0.25) is 14.6 Å². The molecular formula is C19H23N3O2. The third kappa shape index (κ3) is 3.72. The number of nitrogens with zero attached hydrogens (tertiary/aromatic N) is 1. The first kappa shape index (κ1) is 16.4. The number of hydrogen-bond donors (Lipinski definition) is 2. The molecule has 24 heavy (non-hydrogen) atoms. The van der Waals surface area contributed by atoms with Gasteiger partial charge in [-0.15, -0.1) is 0 Å². The Kier molecular flexibility index (Phi) is 4.79. The van der Waals surface area contributed by atoms with E-state index in [0.29, 0.717) is 19.5 Å². The zero-order chi connectivity index (χ0) is 17.1. The molecule has 126 valence electrons. The maximum Gasteiger partial charge on any atom is 0.224 e. The van der Waals surface area contributed by atoms with Crippen LogP contribution in [0.1, 0.15) is 29.7 Å². The summed E-state index contributed by atoms with van der Waals surface area (Å²) in [6, 6.07) is 7.98. The molecule has 1 aliphatic rings. The number of carbonyl (C=O) groups excluding carboxylic acids is 2. The average molecular weight is 325 g/mol. The van der Waals surface area contributed by atoms with Crippen LogP contribution in [0.3, 0.4) is 0 Å². The molecule has 0 spiro atoms. The van der Waals surface area contributed by atoms with Gasteiger partial charge in [0.15, 0.2) is 0 Å². The second kappa shape index (κ2) is 6.99. The second-order valence-corrected chi connectivity index (χ2v) is 6.41. The Morgan fingerprint density at radius 3 is 2.58 bits per heavy atom. The number of benzene rings is 1. The molecule has 0 radical (unpaired) electrons. The van der Waals surface area contributed by atoms with Gasteiger partial charge in [-0.05, 0) is 43.9 Å². The third-order valence-electron chi connectivity index (χ3n) is 4.52. The lowest BCUT2D eigenvalue weighted by molar-refractivity contribution is -0.123. The molecule has 1 fully saturated rings. The van der Waals surface area contributed by atoms with E-state index < -0.39 is 0 Å². The Hall–Kier alpha value is -2.43. The molecule has 2 aromatic rings. The highest BCUT2D eigenvalue weighted by Crippen LogP contribution is 2.28. The van der Waals surface area contributed by atoms with E-state index in [-0.39, 0.29) is 17.7 Å². The number of carbonyl (C=O) groups is 2. The van der Waals surface area contributed by atoms with E-state index in [0.717, 1.165) is 40.6 Å². The van der Waals surface area contributed by atoms with Gasteiger partial charge in [0.1, 0.15) is 0 Å². The molecule has 1 aromatic heterocycles. The molecule has 0 unspecified atom stereocenters. The molecule has 2 N–H and O–H groups in total. The predicted molar refractivity (Wildman–Crippen MR) is 93.7 cm³/mol. The van der Waals surface area contributed by atoms with Crippen molar-refractivity contribution in [3.63, 3.8) is 0 Å². The highest BCUT2D eigenvalue weighted by Gasteiger charge is 2.29. The number of rotatable bonds is 6. The fourth-order valence-electron chi connectivity index (χ4n) is 2.93. The Morgan fingerprint density at radius 1 is 1.12 bits per heavy atom. The topological polar surface area (TPSA) is 71.1 Å². The lowest BCUT2D eigenvalue weighted by atomic mass is 9.99. The van der Waals surface area contributed by atoms with Crippen LogP contribution in [0.15, 0.2) is 24.3 Å². The van der Waals surface area contributed by atoms with Crippen molar-refractivity contribution in [1.29, 1.82) is 0 Å². The average Bonchev–Trinajstić information content (AvgIpc) is 3.40. The lowest BCUT2D eigenvalue weighted by Gasteiger charge is -2.13. The largest absolute Gasteiger partial charge is 0.354 e. The SMILES string of the molecule is Cc1nc2ccccc2c(C)c1CC(=O)NCCNC(=O)C1CC1. The van der Waals surface area contributed by atoms with Crippen LogP contribution in [0.4, 0.5) is 0 Å². The van der Waals surface area contributed by atoms with Crippen molar-refractivity contribution in [2.24, 2.45) is 5.92 Å². The van der Waals surface area contributed by atoms with Crippen LogP contribution in [0, 0.1) is 19.8 Å². The molecule has 1 heterocycles. The van der Waals surface area contributed by atoms with E-state index in [9.17, 15) is 9.59 Å². The molecule has 5 nitrogen and oxygen atoms in total. The fraction of sp³-hybridized carbons (Fsp3) is 0.421. The summed E-state index contributed by atoms with van der Waals surface area (Å²) in [5, 5.41) is 6.80. The van der Waals surface area contributed by atoms with E-state index in [2.05, 4.69) is 15.6 Å². The monoisotopic (exact) mass is 325 g/mol. The number of aromatic nitrogens is 1. The Balaban J connectivity index is 1.57. The normalized spacial score (nSPS) is 13.8. The van der Waals surface area contributed by atoms with E-state index in [1.807, 2.05) is 38.1 Å². The van der Waals surface area contributed by atoms with Crippen LogP contribution < -0.4 is 10.6 Å². The molecule has 0 saturated heterocycles. The first-order valence-electron chi connectivity index (χ1n) is 8.45. The second-order valence-electron chi connectivity index (χ2n) is 6.41. The van der Waals surface area contributed by atoms with E-state index in [4.69, 9.17) is 0 Å². The van der Waals surface area contributed by atoms with E-state index in [1.165, 1.54) is 0 Å². The van der Waals surface area contributed by atoms with Crippen LogP contribution in [0.2, 0.25) is 0 Å². The molecule has 0 aliphatic heterocycles. The van der Waals surface area contributed by atoms with Gasteiger partial charge in [0.05, 0.1) is 11.9 Å². The smallest absolute Gasteiger partial charge is 0.224 e. The first-order valence-corrected chi connectivity index (χ1v) is 8.45. The maximum absolute atomic E-state index is 12.2. The summed E-state index contributed by atoms with van der Waals surface area (Å²) in [6.45, 7) is 4.92. The van der Waals surface area contributed by atoms with Gasteiger partial charge >= 0.3 is 0 Å². The number of para-hydroxylation sites is 1. The summed E-state index contributed by atoms with van der Waals surface area (Å²) in [4.78, 5) is 28.3. The van der Waals surface area contributed by atoms with Crippen molar-refractivity contribution in [3.8, 4) is 0 Å². The maximum atomic E-state index is 12.2. The first-order chi connectivity index (χ1) is 11.6. The zero-order valence-electron chi connectivity index (χ0n) is 14.2. The van der Waals surface area contributed by atoms with Crippen molar-refractivity contribution in [2.75, 3.05) is 13.1 Å². The highest BCUT2D eigenvalue weighted by molar-refractivity contribution is 5.86. The molecule has 3 rings (SSSR count). The molecule has 5 heteroatoms. The Morgan fingerprint density at radius 2 is 1.83 bits per heavy atom. The van der Waals surface area contributed by atoms with Crippen LogP contribution in [-0.2, 0) is 16.0 Å². The predicted octanol–water partition coefficient (Wildman–Crippen LogP) is 2.04. The van der Waals surface area contributed by atoms with Gasteiger partial charge < -0.3 is 10.6 Å². The quantitative estimate of drug-likeness (QED) is 0.799. The number of fused-ring (bicyclic) bond motifs is 1. The standard InChI is InChI=1S/C19H23N3O2/c1-12-15-5-3-4-6-17(15)22-13(2)16(12)11-18(23)20-9-10-21-19(24)14-7-8-14/h3-6,14H,7-11H2,1-2H3,(H,20,23)(H,21,24). The van der Waals surface area contributed by atoms with Crippen molar-refractivity contribution in [1.82, 2.24) is 15.6 Å². The van der Waals surface area contributed by atoms with Crippen LogP contribution in [0.5, 0.6) is 0 Å². The molecule has 1 saturated carbocycles. The van der Waals surface area contributed by atoms with E-state index >= 15 is 0 Å². The fourth-order valence-corrected chi connectivity index (χ4v) is 2.93. The summed E-state index contributed by atoms with van der Waals surface area (Å²) in [5.74, 6) is 0.267. The van der Waals surface area contributed by atoms with Gasteiger partial charge in [-0.1, -0.05) is 18.2 Å². The van der Waals surface area contributed by atoms with E-state index in [1.54, 1.807) is 0 Å². The molecular weight excluding hydrogens is 302 g/mol. The number of aryl methyl sites for hydroxylation is 2. The minimum absolute atomic E-state index is 0.0426. The summed E-state index contributed by atoms with van der Waals surface area (Å²) < 4.78 is 0. The summed E-state index contributed by atoms with van der Waals surface area (Å²) in [6.07, 6.45) is 2.30. The van der Waals surface area contributed by atoms with Crippen molar-refractivity contribution in [3.05, 3.63) is 41.1 Å². The molecule has 1 aromatic carbocycles. The molecule has 2 amide bonds. The number of nitrogens with one attached hydrogen (secondary N) is 2. The van der Waals surface area contributed by atoms with Crippen molar-refractivity contribution in [2.45, 2.75) is 33.1 Å². The summed E-state index contributed by atoms with van der Waals surface area (Å²) in [5.41, 5.74) is 3.94. The van der Waals surface area contributed by atoms with Gasteiger partial charge in [-0.25, -0.2) is 0 Å². The van der Waals surface area contributed by atoms with Gasteiger partial charge in [0.2, 0.25) is 11.8 Å². The number of pyridine rings is 1. The van der Waals surface area contributed by atoms with Crippen molar-refractivity contribution >= 4 is 22.7 Å². The third-order valence-corrected chi connectivity index (χ3v) is 4.52. The summed E-state index contributed by atoms with van der Waals surface area (Å²) >= 11 is 0. The Bertz CT molecular complexity index is 782. The number of hydrogen-bond acceptors (Lipinski definition) is 3. The Labute approximate surface area is 141 Å². The molecule has 0 atom stereocenters. The van der Waals surface area contributed by atoms with Gasteiger partial charge in [-0.2, -0.15) is 0 Å². The van der Waals surface area contributed by atoms with Crippen molar-refractivity contribution < 1.29 is 9.59 Å². The number of amides is 2. The minimum atomic E-state index is -0.0426. The van der Waals surface area contributed by atoms with Crippen LogP contribution in [-0.4, -0.2) is 29.9 Å². The summed E-state index contributed by atoms with van der Waals surface area (Å²) in [7, 11) is 0. The van der Waals surface area contributed by atoms with Gasteiger partial charge in [0, 0.05) is 30.1 Å². The minimum Gasteiger partial charge on any atom is -0.354 e. The van der Waals surface area contributed by atoms with Crippen LogP contribution >= 0.6 is 0 Å². The highest BCUT2D eigenvalue weighted by atomic mass is 16.2. The lowest BCUT2D eigenvalue weighted by Crippen LogP contribution is -2.36. The van der Waals surface area contributed by atoms with Crippen LogP contribution in [0.25, 0.3) is 10.9 Å². The molecule has 1 aliphatic carbocycles. The van der Waals surface area contributed by atoms with Gasteiger partial charge in [0.25, 0.3) is 0 Å².